The molecule has 1 fully saturated rings. The smallest absolute Gasteiger partial charge is 0.293 e. The van der Waals surface area contributed by atoms with Gasteiger partial charge in [0, 0.05) is 5.57 Å². The molecule has 3 heteroatoms. The Morgan fingerprint density at radius 1 is 1.31 bits per heavy atom. The maximum atomic E-state index is 10.9. The zero-order chi connectivity index (χ0) is 9.68. The topological polar surface area (TPSA) is 35.5 Å². The summed E-state index contributed by atoms with van der Waals surface area (Å²) in [6.45, 7) is 5.07. The molecular weight excluding hydrogens is 168 g/mol. The first-order chi connectivity index (χ1) is 6.20. The van der Waals surface area contributed by atoms with Crippen molar-refractivity contribution in [2.75, 3.05) is 0 Å². The summed E-state index contributed by atoms with van der Waals surface area (Å²) in [4.78, 5) is 20.5. The highest BCUT2D eigenvalue weighted by atomic mass is 17.2. The lowest BCUT2D eigenvalue weighted by Gasteiger charge is -2.19. The van der Waals surface area contributed by atoms with Gasteiger partial charge in [0.1, 0.15) is 6.10 Å². The van der Waals surface area contributed by atoms with Crippen LogP contribution in [0.3, 0.4) is 0 Å². The van der Waals surface area contributed by atoms with E-state index in [0.29, 0.717) is 5.57 Å². The van der Waals surface area contributed by atoms with Crippen LogP contribution in [0.4, 0.5) is 0 Å². The van der Waals surface area contributed by atoms with Crippen molar-refractivity contribution in [2.45, 2.75) is 45.1 Å². The van der Waals surface area contributed by atoms with E-state index >= 15 is 0 Å². The monoisotopic (exact) mass is 184 g/mol. The summed E-state index contributed by atoms with van der Waals surface area (Å²) in [7, 11) is 0. The molecule has 0 heterocycles. The highest BCUT2D eigenvalue weighted by Gasteiger charge is 2.16. The Hall–Kier alpha value is -0.830. The Morgan fingerprint density at radius 2 is 1.92 bits per heavy atom. The Kier molecular flexibility index (Phi) is 3.96. The average Bonchev–Trinajstić information content (AvgIpc) is 2.15. The van der Waals surface area contributed by atoms with Gasteiger partial charge < -0.3 is 0 Å². The van der Waals surface area contributed by atoms with Crippen LogP contribution < -0.4 is 0 Å². The largest absolute Gasteiger partial charge is 0.368 e. The van der Waals surface area contributed by atoms with Gasteiger partial charge in [0.2, 0.25) is 0 Å². The van der Waals surface area contributed by atoms with Crippen molar-refractivity contribution in [1.82, 2.24) is 0 Å². The Labute approximate surface area is 78.6 Å². The van der Waals surface area contributed by atoms with E-state index in [2.05, 4.69) is 11.5 Å². The molecule has 0 aromatic carbocycles. The van der Waals surface area contributed by atoms with Crippen molar-refractivity contribution >= 4 is 5.97 Å². The van der Waals surface area contributed by atoms with E-state index in [9.17, 15) is 4.79 Å². The summed E-state index contributed by atoms with van der Waals surface area (Å²) in [6.07, 6.45) is 5.66. The van der Waals surface area contributed by atoms with Gasteiger partial charge in [-0.15, -0.1) is 0 Å². The molecule has 0 saturated heterocycles. The van der Waals surface area contributed by atoms with E-state index in [4.69, 9.17) is 4.89 Å². The quantitative estimate of drug-likeness (QED) is 0.384. The lowest BCUT2D eigenvalue weighted by atomic mass is 9.98. The molecule has 74 valence electrons. The maximum absolute atomic E-state index is 10.9. The van der Waals surface area contributed by atoms with Gasteiger partial charge in [-0.2, -0.15) is 4.89 Å². The minimum atomic E-state index is -0.467. The minimum absolute atomic E-state index is 0.0945. The van der Waals surface area contributed by atoms with Crippen molar-refractivity contribution in [1.29, 1.82) is 0 Å². The normalized spacial score (nSPS) is 18.2. The van der Waals surface area contributed by atoms with Crippen LogP contribution in [0.25, 0.3) is 0 Å². The van der Waals surface area contributed by atoms with Crippen molar-refractivity contribution in [3.63, 3.8) is 0 Å². The number of hydrogen-bond donors (Lipinski definition) is 0. The lowest BCUT2D eigenvalue weighted by Crippen LogP contribution is -2.19. The van der Waals surface area contributed by atoms with Crippen LogP contribution >= 0.6 is 0 Å². The molecule has 0 aromatic heterocycles. The Balaban J connectivity index is 2.17. The van der Waals surface area contributed by atoms with Gasteiger partial charge in [0.15, 0.2) is 0 Å². The van der Waals surface area contributed by atoms with Gasteiger partial charge in [-0.25, -0.2) is 4.79 Å². The summed E-state index contributed by atoms with van der Waals surface area (Å²) >= 11 is 0. The first-order valence-electron chi connectivity index (χ1n) is 4.73. The zero-order valence-corrected chi connectivity index (χ0v) is 8.04. The molecule has 0 atom stereocenters. The van der Waals surface area contributed by atoms with Gasteiger partial charge in [-0.1, -0.05) is 25.8 Å². The molecule has 13 heavy (non-hydrogen) atoms. The van der Waals surface area contributed by atoms with Crippen molar-refractivity contribution in [3.05, 3.63) is 12.2 Å². The second-order valence-corrected chi connectivity index (χ2v) is 3.51. The summed E-state index contributed by atoms with van der Waals surface area (Å²) < 4.78 is 0. The van der Waals surface area contributed by atoms with E-state index in [-0.39, 0.29) is 6.10 Å². The predicted octanol–water partition coefficient (Wildman–Crippen LogP) is 2.37. The molecule has 3 nitrogen and oxygen atoms in total. The van der Waals surface area contributed by atoms with Crippen LogP contribution in [0.5, 0.6) is 0 Å². The fourth-order valence-electron chi connectivity index (χ4n) is 1.34. The third-order valence-corrected chi connectivity index (χ3v) is 2.16. The number of carbonyl (C=O) groups excluding carboxylic acids is 1. The van der Waals surface area contributed by atoms with Gasteiger partial charge in [0.05, 0.1) is 0 Å². The van der Waals surface area contributed by atoms with E-state index in [1.807, 2.05) is 0 Å². The zero-order valence-electron chi connectivity index (χ0n) is 8.04. The fourth-order valence-corrected chi connectivity index (χ4v) is 1.34. The van der Waals surface area contributed by atoms with E-state index in [1.54, 1.807) is 6.92 Å². The molecule has 1 aliphatic rings. The van der Waals surface area contributed by atoms with Crippen LogP contribution in [0.1, 0.15) is 39.0 Å². The highest BCUT2D eigenvalue weighted by molar-refractivity contribution is 5.86. The molecule has 1 rings (SSSR count). The molecule has 0 N–H and O–H groups in total. The molecule has 1 saturated carbocycles. The molecule has 0 aliphatic heterocycles. The molecule has 0 radical (unpaired) electrons. The second kappa shape index (κ2) is 5.02. The first kappa shape index (κ1) is 10.3. The van der Waals surface area contributed by atoms with Crippen LogP contribution in [0, 0.1) is 0 Å². The van der Waals surface area contributed by atoms with Crippen LogP contribution in [0.2, 0.25) is 0 Å². The molecule has 0 spiro atoms. The summed E-state index contributed by atoms with van der Waals surface area (Å²) in [6, 6.07) is 0. The van der Waals surface area contributed by atoms with E-state index in [0.717, 1.165) is 25.7 Å². The van der Waals surface area contributed by atoms with Crippen molar-refractivity contribution in [3.8, 4) is 0 Å². The van der Waals surface area contributed by atoms with Gasteiger partial charge in [-0.05, 0) is 19.8 Å². The average molecular weight is 184 g/mol. The molecule has 0 bridgehead atoms. The van der Waals surface area contributed by atoms with Gasteiger partial charge in [-0.3, -0.25) is 4.89 Å². The standard InChI is InChI=1S/C10H16O3/c1-8(2)10(11)13-12-9-6-4-3-5-7-9/h9H,1,3-7H2,2H3. The Bertz CT molecular complexity index is 192. The molecule has 0 unspecified atom stereocenters. The summed E-state index contributed by atoms with van der Waals surface area (Å²) in [5.41, 5.74) is 0.371. The van der Waals surface area contributed by atoms with Crippen LogP contribution in [-0.2, 0) is 14.6 Å². The fraction of sp³-hybridized carbons (Fsp3) is 0.700. The summed E-state index contributed by atoms with van der Waals surface area (Å²) in [5.74, 6) is -0.467. The van der Waals surface area contributed by atoms with Crippen molar-refractivity contribution in [2.24, 2.45) is 0 Å². The minimum Gasteiger partial charge on any atom is -0.293 e. The molecule has 1 aliphatic carbocycles. The second-order valence-electron chi connectivity index (χ2n) is 3.51. The van der Waals surface area contributed by atoms with Crippen molar-refractivity contribution < 1.29 is 14.6 Å². The number of rotatable bonds is 3. The third kappa shape index (κ3) is 3.59. The van der Waals surface area contributed by atoms with E-state index < -0.39 is 5.97 Å². The van der Waals surface area contributed by atoms with E-state index in [1.165, 1.54) is 6.42 Å². The number of carbonyl (C=O) groups is 1. The van der Waals surface area contributed by atoms with Gasteiger partial charge in [0.25, 0.3) is 0 Å². The van der Waals surface area contributed by atoms with Gasteiger partial charge >= 0.3 is 5.97 Å². The van der Waals surface area contributed by atoms with Crippen LogP contribution in [0.15, 0.2) is 12.2 Å². The molecular formula is C10H16O3. The first-order valence-corrected chi connectivity index (χ1v) is 4.73. The summed E-state index contributed by atoms with van der Waals surface area (Å²) in [5, 5.41) is 0. The highest BCUT2D eigenvalue weighted by Crippen LogP contribution is 2.20. The van der Waals surface area contributed by atoms with Crippen LogP contribution in [-0.4, -0.2) is 12.1 Å². The number of hydrogen-bond acceptors (Lipinski definition) is 3. The molecule has 0 amide bonds. The molecule has 0 aromatic rings. The SMILES string of the molecule is C=C(C)C(=O)OOC1CCCCC1. The predicted molar refractivity (Wildman–Crippen MR) is 48.9 cm³/mol. The Morgan fingerprint density at radius 3 is 2.46 bits per heavy atom. The lowest BCUT2D eigenvalue weighted by molar-refractivity contribution is -0.298. The maximum Gasteiger partial charge on any atom is 0.368 e. The third-order valence-electron chi connectivity index (χ3n) is 2.16.